The third kappa shape index (κ3) is 4.78. The summed E-state index contributed by atoms with van der Waals surface area (Å²) in [5.41, 5.74) is 1.31. The Labute approximate surface area is 99.5 Å². The number of hydrogen-bond donors (Lipinski definition) is 1. The quantitative estimate of drug-likeness (QED) is 0.612. The van der Waals surface area contributed by atoms with Gasteiger partial charge in [-0.3, -0.25) is 0 Å². The molecule has 0 amide bonds. The molecule has 1 rings (SSSR count). The summed E-state index contributed by atoms with van der Waals surface area (Å²) >= 11 is 0. The third-order valence-corrected chi connectivity index (χ3v) is 2.12. The number of carbonyl (C=O) groups is 1. The van der Waals surface area contributed by atoms with Gasteiger partial charge in [-0.2, -0.15) is 0 Å². The van der Waals surface area contributed by atoms with Gasteiger partial charge < -0.3 is 9.84 Å². The van der Waals surface area contributed by atoms with E-state index in [0.717, 1.165) is 18.1 Å². The molecule has 0 unspecified atom stereocenters. The van der Waals surface area contributed by atoms with Crippen LogP contribution < -0.4 is 0 Å². The van der Waals surface area contributed by atoms with Crippen LogP contribution in [0.1, 0.15) is 24.5 Å². The van der Waals surface area contributed by atoms with Crippen LogP contribution >= 0.6 is 0 Å². The lowest BCUT2D eigenvalue weighted by Crippen LogP contribution is -1.97. The van der Waals surface area contributed by atoms with Gasteiger partial charge in [0.15, 0.2) is 0 Å². The fourth-order valence-corrected chi connectivity index (χ4v) is 1.34. The van der Waals surface area contributed by atoms with Gasteiger partial charge in [0.05, 0.1) is 6.61 Å². The average Bonchev–Trinajstić information content (AvgIpc) is 2.29. The second-order valence-corrected chi connectivity index (χ2v) is 3.57. The molecule has 0 radical (unpaired) electrons. The number of ether oxygens (including phenoxy) is 1. The second-order valence-electron chi connectivity index (χ2n) is 3.57. The van der Waals surface area contributed by atoms with Crippen molar-refractivity contribution in [1.82, 2.24) is 0 Å². The molecule has 0 saturated heterocycles. The molecule has 0 bridgehead atoms. The lowest BCUT2D eigenvalue weighted by atomic mass is 10.1. The van der Waals surface area contributed by atoms with Crippen molar-refractivity contribution >= 4 is 12.0 Å². The Morgan fingerprint density at radius 2 is 2.29 bits per heavy atom. The molecule has 0 saturated carbocycles. The molecule has 0 atom stereocenters. The molecular formula is C13H15FO3. The topological polar surface area (TPSA) is 46.5 Å². The van der Waals surface area contributed by atoms with Crippen LogP contribution in [0.5, 0.6) is 0 Å². The van der Waals surface area contributed by atoms with Crippen molar-refractivity contribution < 1.29 is 19.0 Å². The fraction of sp³-hybridized carbons (Fsp3) is 0.308. The summed E-state index contributed by atoms with van der Waals surface area (Å²) in [6, 6.07) is 4.24. The van der Waals surface area contributed by atoms with Crippen molar-refractivity contribution in [2.75, 3.05) is 6.61 Å². The van der Waals surface area contributed by atoms with E-state index in [-0.39, 0.29) is 0 Å². The number of halogens is 1. The first-order chi connectivity index (χ1) is 8.13. The first-order valence-electron chi connectivity index (χ1n) is 5.40. The van der Waals surface area contributed by atoms with Crippen LogP contribution in [0.25, 0.3) is 6.08 Å². The molecule has 4 heteroatoms. The molecule has 3 nitrogen and oxygen atoms in total. The van der Waals surface area contributed by atoms with Gasteiger partial charge in [0.1, 0.15) is 5.82 Å². The highest BCUT2D eigenvalue weighted by Gasteiger charge is 2.02. The first kappa shape index (κ1) is 13.4. The van der Waals surface area contributed by atoms with Crippen LogP contribution in [-0.4, -0.2) is 17.7 Å². The zero-order valence-electron chi connectivity index (χ0n) is 9.65. The molecule has 0 heterocycles. The fourth-order valence-electron chi connectivity index (χ4n) is 1.34. The summed E-state index contributed by atoms with van der Waals surface area (Å²) < 4.78 is 18.4. The van der Waals surface area contributed by atoms with Crippen LogP contribution in [0.4, 0.5) is 4.39 Å². The van der Waals surface area contributed by atoms with Crippen LogP contribution in [0, 0.1) is 5.82 Å². The van der Waals surface area contributed by atoms with E-state index >= 15 is 0 Å². The van der Waals surface area contributed by atoms with Gasteiger partial charge in [0, 0.05) is 12.7 Å². The number of carboxylic acid groups (broad SMARTS) is 1. The molecule has 0 fully saturated rings. The van der Waals surface area contributed by atoms with E-state index in [9.17, 15) is 9.18 Å². The predicted octanol–water partition coefficient (Wildman–Crippen LogP) is 2.85. The summed E-state index contributed by atoms with van der Waals surface area (Å²) in [6.07, 6.45) is 3.26. The van der Waals surface area contributed by atoms with Gasteiger partial charge in [0.25, 0.3) is 0 Å². The normalized spacial score (nSPS) is 10.9. The molecule has 1 aromatic carbocycles. The van der Waals surface area contributed by atoms with E-state index < -0.39 is 11.8 Å². The number of hydrogen-bond acceptors (Lipinski definition) is 2. The maximum Gasteiger partial charge on any atom is 0.328 e. The van der Waals surface area contributed by atoms with Crippen molar-refractivity contribution in [2.45, 2.75) is 20.0 Å². The zero-order valence-corrected chi connectivity index (χ0v) is 9.65. The Morgan fingerprint density at radius 1 is 1.53 bits per heavy atom. The molecule has 0 aliphatic carbocycles. The largest absolute Gasteiger partial charge is 0.478 e. The Hall–Kier alpha value is -1.68. The average molecular weight is 238 g/mol. The minimum absolute atomic E-state index is 0.355. The smallest absolute Gasteiger partial charge is 0.328 e. The molecule has 0 spiro atoms. The van der Waals surface area contributed by atoms with Crippen molar-refractivity contribution in [1.29, 1.82) is 0 Å². The lowest BCUT2D eigenvalue weighted by molar-refractivity contribution is -0.131. The Kier molecular flexibility index (Phi) is 5.36. The van der Waals surface area contributed by atoms with E-state index in [0.29, 0.717) is 18.8 Å². The molecule has 1 aromatic rings. The molecular weight excluding hydrogens is 223 g/mol. The van der Waals surface area contributed by atoms with E-state index in [2.05, 4.69) is 0 Å². The summed E-state index contributed by atoms with van der Waals surface area (Å²) in [5.74, 6) is -1.45. The van der Waals surface area contributed by atoms with Crippen LogP contribution in [0.2, 0.25) is 0 Å². The minimum atomic E-state index is -1.06. The third-order valence-electron chi connectivity index (χ3n) is 2.12. The Morgan fingerprint density at radius 3 is 2.94 bits per heavy atom. The van der Waals surface area contributed by atoms with Crippen molar-refractivity contribution in [3.63, 3.8) is 0 Å². The Bertz CT molecular complexity index is 413. The van der Waals surface area contributed by atoms with Crippen LogP contribution in [-0.2, 0) is 16.1 Å². The van der Waals surface area contributed by atoms with Crippen LogP contribution in [0.15, 0.2) is 24.3 Å². The molecule has 0 aromatic heterocycles. The Balaban J connectivity index is 2.83. The van der Waals surface area contributed by atoms with E-state index in [4.69, 9.17) is 9.84 Å². The maximum absolute atomic E-state index is 13.0. The number of aliphatic carboxylic acids is 1. The lowest BCUT2D eigenvalue weighted by Gasteiger charge is -2.06. The van der Waals surface area contributed by atoms with Gasteiger partial charge in [0.2, 0.25) is 0 Å². The van der Waals surface area contributed by atoms with Crippen molar-refractivity contribution in [3.05, 3.63) is 41.2 Å². The van der Waals surface area contributed by atoms with Crippen molar-refractivity contribution in [2.24, 2.45) is 0 Å². The monoisotopic (exact) mass is 238 g/mol. The van der Waals surface area contributed by atoms with E-state index in [1.807, 2.05) is 6.92 Å². The van der Waals surface area contributed by atoms with Gasteiger partial charge in [-0.25, -0.2) is 9.18 Å². The van der Waals surface area contributed by atoms with Gasteiger partial charge >= 0.3 is 5.97 Å². The van der Waals surface area contributed by atoms with Gasteiger partial charge in [-0.1, -0.05) is 13.0 Å². The van der Waals surface area contributed by atoms with Gasteiger partial charge in [-0.05, 0) is 35.8 Å². The molecule has 17 heavy (non-hydrogen) atoms. The number of rotatable bonds is 6. The minimum Gasteiger partial charge on any atom is -0.478 e. The van der Waals surface area contributed by atoms with Crippen molar-refractivity contribution in [3.8, 4) is 0 Å². The maximum atomic E-state index is 13.0. The summed E-state index contributed by atoms with van der Waals surface area (Å²) in [4.78, 5) is 10.4. The molecule has 92 valence electrons. The van der Waals surface area contributed by atoms with E-state index in [1.54, 1.807) is 6.07 Å². The highest BCUT2D eigenvalue weighted by atomic mass is 19.1. The summed E-state index contributed by atoms with van der Waals surface area (Å²) in [5, 5.41) is 8.54. The molecule has 0 aliphatic heterocycles. The van der Waals surface area contributed by atoms with Crippen LogP contribution in [0.3, 0.4) is 0 Å². The molecule has 1 N–H and O–H groups in total. The standard InChI is InChI=1S/C13H15FO3/c1-2-7-17-9-11-3-5-12(14)8-10(11)4-6-13(15)16/h3-6,8H,2,7,9H2,1H3,(H,15,16)/b6-4+. The SMILES string of the molecule is CCCOCc1ccc(F)cc1/C=C/C(=O)O. The zero-order chi connectivity index (χ0) is 12.7. The summed E-state index contributed by atoms with van der Waals surface area (Å²) in [6.45, 7) is 2.97. The summed E-state index contributed by atoms with van der Waals surface area (Å²) in [7, 11) is 0. The number of carboxylic acids is 1. The predicted molar refractivity (Wildman–Crippen MR) is 63.0 cm³/mol. The molecule has 0 aliphatic rings. The number of benzene rings is 1. The highest BCUT2D eigenvalue weighted by Crippen LogP contribution is 2.14. The van der Waals surface area contributed by atoms with Gasteiger partial charge in [-0.15, -0.1) is 0 Å². The first-order valence-corrected chi connectivity index (χ1v) is 5.40. The highest BCUT2D eigenvalue weighted by molar-refractivity contribution is 5.85. The second kappa shape index (κ2) is 6.81. The van der Waals surface area contributed by atoms with E-state index in [1.165, 1.54) is 18.2 Å².